The van der Waals surface area contributed by atoms with E-state index in [1.807, 2.05) is 0 Å². The Labute approximate surface area is 88.2 Å². The molecular formula is C9H14ClNO3. The van der Waals surface area contributed by atoms with Gasteiger partial charge in [-0.2, -0.15) is 0 Å². The van der Waals surface area contributed by atoms with E-state index in [-0.39, 0.29) is 5.91 Å². The number of allylic oxidation sites excluding steroid dienone is 1. The molecule has 0 aromatic rings. The molecule has 0 aromatic heterocycles. The first-order valence-electron chi connectivity index (χ1n) is 4.52. The van der Waals surface area contributed by atoms with E-state index in [1.165, 1.54) is 0 Å². The van der Waals surface area contributed by atoms with E-state index in [9.17, 15) is 4.79 Å². The lowest BCUT2D eigenvalue weighted by Crippen LogP contribution is -2.42. The molecule has 1 N–H and O–H groups in total. The van der Waals surface area contributed by atoms with E-state index >= 15 is 0 Å². The van der Waals surface area contributed by atoms with Gasteiger partial charge in [-0.25, -0.2) is 0 Å². The third kappa shape index (κ3) is 4.09. The summed E-state index contributed by atoms with van der Waals surface area (Å²) in [6.07, 6.45) is 3.11. The highest BCUT2D eigenvalue weighted by Gasteiger charge is 2.21. The Kier molecular flexibility index (Phi) is 5.59. The van der Waals surface area contributed by atoms with Crippen LogP contribution in [0.15, 0.2) is 12.2 Å². The fourth-order valence-electron chi connectivity index (χ4n) is 1.06. The lowest BCUT2D eigenvalue weighted by Gasteiger charge is -2.21. The fourth-order valence-corrected chi connectivity index (χ4v) is 1.18. The first-order chi connectivity index (χ1) is 6.84. The van der Waals surface area contributed by atoms with Gasteiger partial charge in [-0.1, -0.05) is 12.2 Å². The van der Waals surface area contributed by atoms with Gasteiger partial charge in [-0.05, 0) is 0 Å². The van der Waals surface area contributed by atoms with E-state index in [2.05, 4.69) is 5.32 Å². The molecule has 0 aliphatic carbocycles. The standard InChI is InChI=1S/C9H14ClNO3/c10-3-1-2-4-11-9(12)8-7-13-5-6-14-8/h1-2,8H,3-7H2,(H,11,12)/b2-1+. The molecule has 1 atom stereocenters. The Bertz CT molecular complexity index is 202. The van der Waals surface area contributed by atoms with Crippen LogP contribution in [0.1, 0.15) is 0 Å². The average Bonchev–Trinajstić information content (AvgIpc) is 2.25. The van der Waals surface area contributed by atoms with E-state index < -0.39 is 6.10 Å². The Balaban J connectivity index is 2.16. The second-order valence-corrected chi connectivity index (χ2v) is 3.11. The summed E-state index contributed by atoms with van der Waals surface area (Å²) in [5.41, 5.74) is 0. The van der Waals surface area contributed by atoms with Gasteiger partial charge in [0.2, 0.25) is 0 Å². The van der Waals surface area contributed by atoms with Crippen molar-refractivity contribution in [2.45, 2.75) is 6.10 Å². The van der Waals surface area contributed by atoms with E-state index in [4.69, 9.17) is 21.1 Å². The largest absolute Gasteiger partial charge is 0.376 e. The number of amides is 1. The number of halogens is 1. The highest BCUT2D eigenvalue weighted by molar-refractivity contribution is 6.18. The Morgan fingerprint density at radius 2 is 2.36 bits per heavy atom. The predicted octanol–water partition coefficient (Wildman–Crippen LogP) is 0.313. The van der Waals surface area contributed by atoms with Crippen LogP contribution in [0.5, 0.6) is 0 Å². The Hall–Kier alpha value is -0.580. The monoisotopic (exact) mass is 219 g/mol. The first-order valence-corrected chi connectivity index (χ1v) is 5.06. The summed E-state index contributed by atoms with van der Waals surface area (Å²) < 4.78 is 10.3. The molecule has 5 heteroatoms. The van der Waals surface area contributed by atoms with Gasteiger partial charge in [0.25, 0.3) is 5.91 Å². The zero-order valence-electron chi connectivity index (χ0n) is 7.87. The maximum atomic E-state index is 11.4. The lowest BCUT2D eigenvalue weighted by atomic mass is 10.3. The summed E-state index contributed by atoms with van der Waals surface area (Å²) in [7, 11) is 0. The molecule has 0 saturated carbocycles. The van der Waals surface area contributed by atoms with E-state index in [0.29, 0.717) is 32.2 Å². The topological polar surface area (TPSA) is 47.6 Å². The molecule has 1 aliphatic rings. The van der Waals surface area contributed by atoms with Crippen molar-refractivity contribution in [3.8, 4) is 0 Å². The summed E-state index contributed by atoms with van der Waals surface area (Å²) in [6.45, 7) is 1.86. The minimum absolute atomic E-state index is 0.135. The number of rotatable bonds is 4. The number of alkyl halides is 1. The fraction of sp³-hybridized carbons (Fsp3) is 0.667. The number of carbonyl (C=O) groups excluding carboxylic acids is 1. The SMILES string of the molecule is O=C(NC/C=C/CCl)C1COCCO1. The number of ether oxygens (including phenoxy) is 2. The zero-order chi connectivity index (χ0) is 10.2. The average molecular weight is 220 g/mol. The van der Waals surface area contributed by atoms with Crippen molar-refractivity contribution in [1.29, 1.82) is 0 Å². The quantitative estimate of drug-likeness (QED) is 0.547. The van der Waals surface area contributed by atoms with Crippen LogP contribution < -0.4 is 5.32 Å². The van der Waals surface area contributed by atoms with Crippen molar-refractivity contribution in [2.75, 3.05) is 32.2 Å². The minimum atomic E-state index is -0.465. The van der Waals surface area contributed by atoms with Crippen molar-refractivity contribution < 1.29 is 14.3 Å². The van der Waals surface area contributed by atoms with Gasteiger partial charge in [0.15, 0.2) is 6.10 Å². The third-order valence-corrected chi connectivity index (χ3v) is 1.94. The molecule has 4 nitrogen and oxygen atoms in total. The number of carbonyl (C=O) groups is 1. The van der Waals surface area contributed by atoms with Gasteiger partial charge >= 0.3 is 0 Å². The number of nitrogens with one attached hydrogen (secondary N) is 1. The summed E-state index contributed by atoms with van der Waals surface area (Å²) >= 11 is 5.42. The molecule has 0 spiro atoms. The van der Waals surface area contributed by atoms with Crippen molar-refractivity contribution >= 4 is 17.5 Å². The van der Waals surface area contributed by atoms with Gasteiger partial charge in [0, 0.05) is 12.4 Å². The molecule has 0 radical (unpaired) electrons. The molecule has 1 unspecified atom stereocenters. The van der Waals surface area contributed by atoms with Crippen LogP contribution in [0.4, 0.5) is 0 Å². The lowest BCUT2D eigenvalue weighted by molar-refractivity contribution is -0.147. The Morgan fingerprint density at radius 3 is 3.00 bits per heavy atom. The molecule has 0 aromatic carbocycles. The van der Waals surface area contributed by atoms with Gasteiger partial charge in [0.1, 0.15) is 0 Å². The molecule has 1 amide bonds. The van der Waals surface area contributed by atoms with Crippen molar-refractivity contribution in [2.24, 2.45) is 0 Å². The normalized spacial score (nSPS) is 22.5. The van der Waals surface area contributed by atoms with Crippen LogP contribution in [0, 0.1) is 0 Å². The van der Waals surface area contributed by atoms with E-state index in [1.54, 1.807) is 12.2 Å². The molecule has 1 aliphatic heterocycles. The molecule has 1 saturated heterocycles. The van der Waals surface area contributed by atoms with Crippen molar-refractivity contribution in [3.05, 3.63) is 12.2 Å². The Morgan fingerprint density at radius 1 is 1.50 bits per heavy atom. The highest BCUT2D eigenvalue weighted by Crippen LogP contribution is 1.99. The van der Waals surface area contributed by atoms with Gasteiger partial charge < -0.3 is 14.8 Å². The number of hydrogen-bond acceptors (Lipinski definition) is 3. The van der Waals surface area contributed by atoms with Gasteiger partial charge in [-0.15, -0.1) is 11.6 Å². The maximum Gasteiger partial charge on any atom is 0.251 e. The zero-order valence-corrected chi connectivity index (χ0v) is 8.63. The molecule has 1 rings (SSSR count). The van der Waals surface area contributed by atoms with Gasteiger partial charge in [-0.3, -0.25) is 4.79 Å². The summed E-state index contributed by atoms with van der Waals surface area (Å²) in [6, 6.07) is 0. The molecule has 80 valence electrons. The number of hydrogen-bond donors (Lipinski definition) is 1. The van der Waals surface area contributed by atoms with Crippen molar-refractivity contribution in [1.82, 2.24) is 5.32 Å². The minimum Gasteiger partial charge on any atom is -0.376 e. The molecule has 0 bridgehead atoms. The predicted molar refractivity (Wildman–Crippen MR) is 53.4 cm³/mol. The van der Waals surface area contributed by atoms with Crippen LogP contribution in [0.25, 0.3) is 0 Å². The maximum absolute atomic E-state index is 11.4. The van der Waals surface area contributed by atoms with Crippen LogP contribution in [0.3, 0.4) is 0 Å². The van der Waals surface area contributed by atoms with Crippen LogP contribution in [0.2, 0.25) is 0 Å². The molecule has 1 fully saturated rings. The van der Waals surface area contributed by atoms with Crippen LogP contribution in [-0.4, -0.2) is 44.3 Å². The molecule has 1 heterocycles. The second-order valence-electron chi connectivity index (χ2n) is 2.81. The first kappa shape index (κ1) is 11.5. The van der Waals surface area contributed by atoms with E-state index in [0.717, 1.165) is 0 Å². The second kappa shape index (κ2) is 6.81. The summed E-state index contributed by atoms with van der Waals surface area (Å²) in [4.78, 5) is 11.4. The molecular weight excluding hydrogens is 206 g/mol. The smallest absolute Gasteiger partial charge is 0.251 e. The summed E-state index contributed by atoms with van der Waals surface area (Å²) in [5, 5.41) is 2.70. The van der Waals surface area contributed by atoms with Crippen LogP contribution in [-0.2, 0) is 14.3 Å². The molecule has 14 heavy (non-hydrogen) atoms. The summed E-state index contributed by atoms with van der Waals surface area (Å²) in [5.74, 6) is 0.322. The third-order valence-electron chi connectivity index (χ3n) is 1.76. The van der Waals surface area contributed by atoms with Crippen LogP contribution >= 0.6 is 11.6 Å². The highest BCUT2D eigenvalue weighted by atomic mass is 35.5. The van der Waals surface area contributed by atoms with Crippen molar-refractivity contribution in [3.63, 3.8) is 0 Å². The van der Waals surface area contributed by atoms with Gasteiger partial charge in [0.05, 0.1) is 19.8 Å².